The number of nitrogens with one attached hydrogen (secondary N) is 1. The van der Waals surface area contributed by atoms with Gasteiger partial charge in [0.25, 0.3) is 5.91 Å². The van der Waals surface area contributed by atoms with Crippen molar-refractivity contribution in [3.63, 3.8) is 0 Å². The third-order valence-electron chi connectivity index (χ3n) is 4.01. The standard InChI is InChI=1S/C21H24N4O/c1-15-5-7-19(8-6-15)25-10-9-20(23-25)21(26)22-18-12-16(2)11-17(13-18)14-24(3)4/h5-13H,14H2,1-4H3,(H,22,26). The first-order valence-corrected chi connectivity index (χ1v) is 8.60. The number of carbonyl (C=O) groups excluding carboxylic acids is 1. The van der Waals surface area contributed by atoms with E-state index in [1.807, 2.05) is 64.3 Å². The van der Waals surface area contributed by atoms with Gasteiger partial charge in [0.15, 0.2) is 5.69 Å². The van der Waals surface area contributed by atoms with E-state index in [4.69, 9.17) is 0 Å². The molecule has 26 heavy (non-hydrogen) atoms. The van der Waals surface area contributed by atoms with E-state index >= 15 is 0 Å². The lowest BCUT2D eigenvalue weighted by atomic mass is 10.1. The summed E-state index contributed by atoms with van der Waals surface area (Å²) in [7, 11) is 4.05. The molecule has 134 valence electrons. The van der Waals surface area contributed by atoms with Gasteiger partial charge in [0.1, 0.15) is 0 Å². The van der Waals surface area contributed by atoms with Crippen molar-refractivity contribution in [2.75, 3.05) is 19.4 Å². The summed E-state index contributed by atoms with van der Waals surface area (Å²) < 4.78 is 1.71. The molecular formula is C21H24N4O. The first kappa shape index (κ1) is 17.9. The van der Waals surface area contributed by atoms with Crippen LogP contribution in [0.1, 0.15) is 27.2 Å². The summed E-state index contributed by atoms with van der Waals surface area (Å²) in [5.74, 6) is -0.211. The number of carbonyl (C=O) groups is 1. The normalized spacial score (nSPS) is 11.0. The topological polar surface area (TPSA) is 50.2 Å². The van der Waals surface area contributed by atoms with E-state index in [0.717, 1.165) is 29.0 Å². The second kappa shape index (κ2) is 7.54. The highest BCUT2D eigenvalue weighted by molar-refractivity contribution is 6.02. The Kier molecular flexibility index (Phi) is 5.19. The van der Waals surface area contributed by atoms with Crippen LogP contribution in [0.25, 0.3) is 5.69 Å². The van der Waals surface area contributed by atoms with Gasteiger partial charge in [-0.25, -0.2) is 4.68 Å². The minimum Gasteiger partial charge on any atom is -0.321 e. The van der Waals surface area contributed by atoms with Gasteiger partial charge < -0.3 is 10.2 Å². The molecule has 0 unspecified atom stereocenters. The van der Waals surface area contributed by atoms with Crippen molar-refractivity contribution >= 4 is 11.6 Å². The van der Waals surface area contributed by atoms with Gasteiger partial charge in [-0.2, -0.15) is 5.10 Å². The van der Waals surface area contributed by atoms with Gasteiger partial charge in [-0.3, -0.25) is 4.79 Å². The Morgan fingerprint density at radius 3 is 2.46 bits per heavy atom. The monoisotopic (exact) mass is 348 g/mol. The summed E-state index contributed by atoms with van der Waals surface area (Å²) >= 11 is 0. The molecule has 3 aromatic rings. The Labute approximate surface area is 154 Å². The first-order valence-electron chi connectivity index (χ1n) is 8.60. The summed E-state index contributed by atoms with van der Waals surface area (Å²) in [5.41, 5.74) is 5.57. The molecule has 0 bridgehead atoms. The zero-order chi connectivity index (χ0) is 18.7. The highest BCUT2D eigenvalue weighted by Crippen LogP contribution is 2.17. The van der Waals surface area contributed by atoms with Crippen LogP contribution >= 0.6 is 0 Å². The Morgan fingerprint density at radius 2 is 1.77 bits per heavy atom. The molecule has 1 aromatic heterocycles. The molecule has 0 aliphatic heterocycles. The Hall–Kier alpha value is -2.92. The molecule has 1 N–H and O–H groups in total. The Balaban J connectivity index is 1.76. The van der Waals surface area contributed by atoms with E-state index in [9.17, 15) is 4.79 Å². The Morgan fingerprint density at radius 1 is 1.04 bits per heavy atom. The van der Waals surface area contributed by atoms with E-state index in [0.29, 0.717) is 5.69 Å². The van der Waals surface area contributed by atoms with E-state index < -0.39 is 0 Å². The highest BCUT2D eigenvalue weighted by atomic mass is 16.1. The molecule has 2 aromatic carbocycles. The molecular weight excluding hydrogens is 324 g/mol. The number of benzene rings is 2. The number of anilines is 1. The largest absolute Gasteiger partial charge is 0.321 e. The zero-order valence-corrected chi connectivity index (χ0v) is 15.7. The van der Waals surface area contributed by atoms with Crippen molar-refractivity contribution in [3.8, 4) is 5.69 Å². The maximum absolute atomic E-state index is 12.6. The lowest BCUT2D eigenvalue weighted by molar-refractivity contribution is 0.102. The summed E-state index contributed by atoms with van der Waals surface area (Å²) in [6.45, 7) is 4.89. The lowest BCUT2D eigenvalue weighted by Crippen LogP contribution is -2.15. The van der Waals surface area contributed by atoms with Crippen LogP contribution in [0.3, 0.4) is 0 Å². The third kappa shape index (κ3) is 4.37. The van der Waals surface area contributed by atoms with Crippen molar-refractivity contribution < 1.29 is 4.79 Å². The fraction of sp³-hybridized carbons (Fsp3) is 0.238. The molecule has 3 rings (SSSR count). The third-order valence-corrected chi connectivity index (χ3v) is 4.01. The Bertz CT molecular complexity index is 910. The molecule has 5 nitrogen and oxygen atoms in total. The zero-order valence-electron chi connectivity index (χ0n) is 15.7. The number of aryl methyl sites for hydroxylation is 2. The number of amides is 1. The van der Waals surface area contributed by atoms with E-state index in [2.05, 4.69) is 21.4 Å². The van der Waals surface area contributed by atoms with Gasteiger partial charge >= 0.3 is 0 Å². The van der Waals surface area contributed by atoms with Crippen molar-refractivity contribution in [3.05, 3.63) is 77.1 Å². The van der Waals surface area contributed by atoms with Crippen LogP contribution in [0.4, 0.5) is 5.69 Å². The predicted molar refractivity (Wildman–Crippen MR) is 105 cm³/mol. The number of rotatable bonds is 5. The SMILES string of the molecule is Cc1ccc(-n2ccc(C(=O)Nc3cc(C)cc(CN(C)C)c3)n2)cc1. The van der Waals surface area contributed by atoms with Gasteiger partial charge in [0.05, 0.1) is 5.69 Å². The van der Waals surface area contributed by atoms with Crippen molar-refractivity contribution in [1.82, 2.24) is 14.7 Å². The smallest absolute Gasteiger partial charge is 0.276 e. The molecule has 0 saturated heterocycles. The molecule has 0 radical (unpaired) electrons. The fourth-order valence-electron chi connectivity index (χ4n) is 2.87. The molecule has 0 aliphatic rings. The molecule has 0 spiro atoms. The van der Waals surface area contributed by atoms with Crippen LogP contribution in [-0.4, -0.2) is 34.7 Å². The second-order valence-corrected chi connectivity index (χ2v) is 6.88. The number of aromatic nitrogens is 2. The second-order valence-electron chi connectivity index (χ2n) is 6.88. The molecule has 1 heterocycles. The van der Waals surface area contributed by atoms with Crippen LogP contribution < -0.4 is 5.32 Å². The van der Waals surface area contributed by atoms with Gasteiger partial charge in [-0.15, -0.1) is 0 Å². The number of hydrogen-bond donors (Lipinski definition) is 1. The molecule has 0 saturated carbocycles. The maximum Gasteiger partial charge on any atom is 0.276 e. The summed E-state index contributed by atoms with van der Waals surface area (Å²) in [5, 5.41) is 7.35. The average molecular weight is 348 g/mol. The highest BCUT2D eigenvalue weighted by Gasteiger charge is 2.11. The van der Waals surface area contributed by atoms with Gasteiger partial charge in [0, 0.05) is 18.4 Å². The van der Waals surface area contributed by atoms with Crippen LogP contribution in [0.15, 0.2) is 54.7 Å². The summed E-state index contributed by atoms with van der Waals surface area (Å²) in [6.07, 6.45) is 1.80. The fourth-order valence-corrected chi connectivity index (χ4v) is 2.87. The molecule has 0 aliphatic carbocycles. The van der Waals surface area contributed by atoms with E-state index in [1.165, 1.54) is 5.56 Å². The quantitative estimate of drug-likeness (QED) is 0.763. The van der Waals surface area contributed by atoms with Gasteiger partial charge in [-0.05, 0) is 69.4 Å². The molecule has 0 fully saturated rings. The minimum absolute atomic E-state index is 0.211. The lowest BCUT2D eigenvalue weighted by Gasteiger charge is -2.12. The van der Waals surface area contributed by atoms with Gasteiger partial charge in [-0.1, -0.05) is 23.8 Å². The summed E-state index contributed by atoms with van der Waals surface area (Å²) in [6, 6.07) is 15.8. The van der Waals surface area contributed by atoms with Crippen LogP contribution in [0, 0.1) is 13.8 Å². The molecule has 5 heteroatoms. The number of hydrogen-bond acceptors (Lipinski definition) is 3. The van der Waals surface area contributed by atoms with Crippen LogP contribution in [0.2, 0.25) is 0 Å². The predicted octanol–water partition coefficient (Wildman–Crippen LogP) is 3.80. The summed E-state index contributed by atoms with van der Waals surface area (Å²) in [4.78, 5) is 14.7. The molecule has 0 atom stereocenters. The van der Waals surface area contributed by atoms with Crippen LogP contribution in [0.5, 0.6) is 0 Å². The van der Waals surface area contributed by atoms with E-state index in [1.54, 1.807) is 16.9 Å². The minimum atomic E-state index is -0.211. The maximum atomic E-state index is 12.6. The van der Waals surface area contributed by atoms with Crippen molar-refractivity contribution in [1.29, 1.82) is 0 Å². The number of nitrogens with zero attached hydrogens (tertiary/aromatic N) is 3. The van der Waals surface area contributed by atoms with Crippen molar-refractivity contribution in [2.24, 2.45) is 0 Å². The van der Waals surface area contributed by atoms with E-state index in [-0.39, 0.29) is 5.91 Å². The first-order chi connectivity index (χ1) is 12.4. The van der Waals surface area contributed by atoms with Crippen molar-refractivity contribution in [2.45, 2.75) is 20.4 Å². The van der Waals surface area contributed by atoms with Gasteiger partial charge in [0.2, 0.25) is 0 Å². The average Bonchev–Trinajstić information content (AvgIpc) is 3.04. The van der Waals surface area contributed by atoms with Crippen LogP contribution in [-0.2, 0) is 6.54 Å². The molecule has 1 amide bonds.